The molecule has 2 nitrogen and oxygen atoms in total. The van der Waals surface area contributed by atoms with Crippen molar-refractivity contribution in [3.8, 4) is 0 Å². The third-order valence-corrected chi connectivity index (χ3v) is 7.26. The zero-order chi connectivity index (χ0) is 20.4. The minimum Gasteiger partial charge on any atom is -0.303 e. The van der Waals surface area contributed by atoms with Crippen molar-refractivity contribution in [2.24, 2.45) is 17.3 Å². The Kier molecular flexibility index (Phi) is 6.92. The van der Waals surface area contributed by atoms with Crippen molar-refractivity contribution in [1.29, 1.82) is 0 Å². The van der Waals surface area contributed by atoms with E-state index in [-0.39, 0.29) is 5.41 Å². The summed E-state index contributed by atoms with van der Waals surface area (Å²) in [4.78, 5) is 5.42. The molecule has 0 aliphatic carbocycles. The van der Waals surface area contributed by atoms with Crippen molar-refractivity contribution >= 4 is 0 Å². The Labute approximate surface area is 174 Å². The molecule has 0 spiro atoms. The van der Waals surface area contributed by atoms with Crippen LogP contribution in [0.25, 0.3) is 0 Å². The molecule has 0 aromatic heterocycles. The van der Waals surface area contributed by atoms with E-state index in [0.717, 1.165) is 18.4 Å². The lowest BCUT2D eigenvalue weighted by Gasteiger charge is -2.41. The number of piperidine rings is 2. The number of nitrogens with zero attached hydrogens (tertiary/aromatic N) is 2. The van der Waals surface area contributed by atoms with Gasteiger partial charge in [0, 0.05) is 13.1 Å². The van der Waals surface area contributed by atoms with Gasteiger partial charge in [0.15, 0.2) is 0 Å². The molecule has 2 heterocycles. The van der Waals surface area contributed by atoms with Crippen molar-refractivity contribution in [2.75, 3.05) is 32.7 Å². The van der Waals surface area contributed by atoms with Crippen molar-refractivity contribution in [1.82, 2.24) is 9.80 Å². The Bertz CT molecular complexity index is 589. The third kappa shape index (κ3) is 6.07. The summed E-state index contributed by atoms with van der Waals surface area (Å²) in [6.07, 6.45) is 5.54. The van der Waals surface area contributed by atoms with Crippen LogP contribution in [0.3, 0.4) is 0 Å². The highest BCUT2D eigenvalue weighted by molar-refractivity contribution is 5.27. The molecule has 0 atom stereocenters. The van der Waals surface area contributed by atoms with Crippen LogP contribution in [0.15, 0.2) is 24.3 Å². The van der Waals surface area contributed by atoms with Crippen LogP contribution in [0.5, 0.6) is 0 Å². The van der Waals surface area contributed by atoms with E-state index >= 15 is 0 Å². The largest absolute Gasteiger partial charge is 0.303 e. The molecule has 2 saturated heterocycles. The Morgan fingerprint density at radius 2 is 1.29 bits per heavy atom. The minimum absolute atomic E-state index is 0.248. The van der Waals surface area contributed by atoms with Gasteiger partial charge in [0.1, 0.15) is 0 Å². The number of hydrogen-bond donors (Lipinski definition) is 0. The van der Waals surface area contributed by atoms with Gasteiger partial charge in [0.2, 0.25) is 0 Å². The number of likely N-dealkylation sites (tertiary alicyclic amines) is 2. The predicted octanol–water partition coefficient (Wildman–Crippen LogP) is 5.95. The van der Waals surface area contributed by atoms with Gasteiger partial charge in [0.05, 0.1) is 0 Å². The number of rotatable bonds is 4. The smallest absolute Gasteiger partial charge is 0.0233 e. The molecule has 2 fully saturated rings. The van der Waals surface area contributed by atoms with Gasteiger partial charge in [-0.2, -0.15) is 0 Å². The average Bonchev–Trinajstić information content (AvgIpc) is 2.63. The van der Waals surface area contributed by atoms with Crippen LogP contribution >= 0.6 is 0 Å². The number of hydrogen-bond acceptors (Lipinski definition) is 2. The van der Waals surface area contributed by atoms with E-state index in [0.29, 0.717) is 5.41 Å². The van der Waals surface area contributed by atoms with E-state index in [1.54, 1.807) is 0 Å². The van der Waals surface area contributed by atoms with Crippen molar-refractivity contribution in [3.05, 3.63) is 35.4 Å². The van der Waals surface area contributed by atoms with Crippen LogP contribution in [-0.2, 0) is 12.0 Å². The van der Waals surface area contributed by atoms with Gasteiger partial charge in [-0.15, -0.1) is 0 Å². The van der Waals surface area contributed by atoms with Crippen LogP contribution in [-0.4, -0.2) is 42.5 Å². The van der Waals surface area contributed by atoms with Gasteiger partial charge >= 0.3 is 0 Å². The molecule has 0 amide bonds. The van der Waals surface area contributed by atoms with Gasteiger partial charge in [-0.25, -0.2) is 0 Å². The SMILES string of the molecule is CC(C)(C)c1ccc(CN2CCC(CN3CCC(C(C)(C)C)CC3)CC2)cc1. The molecule has 0 bridgehead atoms. The van der Waals surface area contributed by atoms with E-state index in [2.05, 4.69) is 75.6 Å². The maximum Gasteiger partial charge on any atom is 0.0233 e. The molecule has 1 aromatic rings. The Morgan fingerprint density at radius 1 is 0.750 bits per heavy atom. The molecule has 2 aliphatic rings. The molecule has 0 saturated carbocycles. The third-order valence-electron chi connectivity index (χ3n) is 7.26. The van der Waals surface area contributed by atoms with Gasteiger partial charge < -0.3 is 4.90 Å². The molecule has 3 rings (SSSR count). The first-order valence-electron chi connectivity index (χ1n) is 11.7. The highest BCUT2D eigenvalue weighted by atomic mass is 15.2. The fraction of sp³-hybridized carbons (Fsp3) is 0.769. The predicted molar refractivity (Wildman–Crippen MR) is 122 cm³/mol. The monoisotopic (exact) mass is 384 g/mol. The first-order chi connectivity index (χ1) is 13.1. The summed E-state index contributed by atoms with van der Waals surface area (Å²) in [5.41, 5.74) is 3.64. The van der Waals surface area contributed by atoms with E-state index < -0.39 is 0 Å². The van der Waals surface area contributed by atoms with E-state index in [1.165, 1.54) is 69.5 Å². The first-order valence-corrected chi connectivity index (χ1v) is 11.7. The van der Waals surface area contributed by atoms with Gasteiger partial charge in [-0.05, 0) is 85.7 Å². The first kappa shape index (κ1) is 21.8. The topological polar surface area (TPSA) is 6.48 Å². The summed E-state index contributed by atoms with van der Waals surface area (Å²) in [6, 6.07) is 9.32. The summed E-state index contributed by atoms with van der Waals surface area (Å²) < 4.78 is 0. The molecule has 0 radical (unpaired) electrons. The Balaban J connectivity index is 1.39. The van der Waals surface area contributed by atoms with Crippen LogP contribution < -0.4 is 0 Å². The molecule has 158 valence electrons. The molecule has 28 heavy (non-hydrogen) atoms. The van der Waals surface area contributed by atoms with Crippen molar-refractivity contribution < 1.29 is 0 Å². The molecular weight excluding hydrogens is 340 g/mol. The lowest BCUT2D eigenvalue weighted by molar-refractivity contribution is 0.0834. The fourth-order valence-corrected chi connectivity index (χ4v) is 5.04. The Hall–Kier alpha value is -0.860. The molecule has 2 heteroatoms. The second kappa shape index (κ2) is 8.88. The summed E-state index contributed by atoms with van der Waals surface area (Å²) in [6.45, 7) is 21.8. The zero-order valence-corrected chi connectivity index (χ0v) is 19.4. The minimum atomic E-state index is 0.248. The fourth-order valence-electron chi connectivity index (χ4n) is 5.04. The average molecular weight is 385 g/mol. The normalized spacial score (nSPS) is 21.9. The van der Waals surface area contributed by atoms with Gasteiger partial charge in [-0.3, -0.25) is 4.90 Å². The second-order valence-corrected chi connectivity index (χ2v) is 11.6. The maximum atomic E-state index is 2.76. The lowest BCUT2D eigenvalue weighted by atomic mass is 9.75. The van der Waals surface area contributed by atoms with Crippen molar-refractivity contribution in [2.45, 2.75) is 79.2 Å². The summed E-state index contributed by atoms with van der Waals surface area (Å²) >= 11 is 0. The van der Waals surface area contributed by atoms with Crippen LogP contribution in [0.1, 0.15) is 78.4 Å². The van der Waals surface area contributed by atoms with Crippen molar-refractivity contribution in [3.63, 3.8) is 0 Å². The van der Waals surface area contributed by atoms with Crippen LogP contribution in [0, 0.1) is 17.3 Å². The highest BCUT2D eigenvalue weighted by Crippen LogP contribution is 2.34. The second-order valence-electron chi connectivity index (χ2n) is 11.6. The number of benzene rings is 1. The van der Waals surface area contributed by atoms with E-state index in [4.69, 9.17) is 0 Å². The molecular formula is C26H44N2. The molecule has 0 unspecified atom stereocenters. The van der Waals surface area contributed by atoms with E-state index in [9.17, 15) is 0 Å². The molecule has 2 aliphatic heterocycles. The van der Waals surface area contributed by atoms with Gasteiger partial charge in [0.25, 0.3) is 0 Å². The highest BCUT2D eigenvalue weighted by Gasteiger charge is 2.30. The summed E-state index contributed by atoms with van der Waals surface area (Å²) in [5.74, 6) is 1.82. The summed E-state index contributed by atoms with van der Waals surface area (Å²) in [5, 5.41) is 0. The zero-order valence-electron chi connectivity index (χ0n) is 19.4. The van der Waals surface area contributed by atoms with Crippen LogP contribution in [0.2, 0.25) is 0 Å². The quantitative estimate of drug-likeness (QED) is 0.632. The molecule has 0 N–H and O–H groups in total. The lowest BCUT2D eigenvalue weighted by Crippen LogP contribution is -2.43. The van der Waals surface area contributed by atoms with Gasteiger partial charge in [-0.1, -0.05) is 65.8 Å². The van der Waals surface area contributed by atoms with Crippen LogP contribution in [0.4, 0.5) is 0 Å². The van der Waals surface area contributed by atoms with E-state index in [1.807, 2.05) is 0 Å². The standard InChI is InChI=1S/C26H44N2/c1-25(2,3)23-9-7-21(8-10-23)19-27-15-11-22(12-16-27)20-28-17-13-24(14-18-28)26(4,5)6/h7-10,22,24H,11-20H2,1-6H3. The molecule has 1 aromatic carbocycles. The maximum absolute atomic E-state index is 2.76. The Morgan fingerprint density at radius 3 is 1.79 bits per heavy atom. The summed E-state index contributed by atoms with van der Waals surface area (Å²) in [7, 11) is 0.